The maximum Gasteiger partial charge on any atom is 0.116 e. The van der Waals surface area contributed by atoms with Crippen molar-refractivity contribution in [1.82, 2.24) is 24.8 Å². The van der Waals surface area contributed by atoms with E-state index < -0.39 is 0 Å². The molecule has 0 unspecified atom stereocenters. The first-order valence-electron chi connectivity index (χ1n) is 6.52. The molecule has 6 nitrogen and oxygen atoms in total. The highest BCUT2D eigenvalue weighted by atomic mass is 15.4. The SMILES string of the molecule is CCn1cc(-c2cn(Cc3cccc(N)c3)nn2)cn1. The Balaban J connectivity index is 1.80. The van der Waals surface area contributed by atoms with Gasteiger partial charge in [0, 0.05) is 24.0 Å². The highest BCUT2D eigenvalue weighted by Gasteiger charge is 2.06. The molecule has 3 rings (SSSR count). The first-order valence-corrected chi connectivity index (χ1v) is 6.52. The van der Waals surface area contributed by atoms with Crippen LogP contribution in [0.3, 0.4) is 0 Å². The van der Waals surface area contributed by atoms with Crippen LogP contribution >= 0.6 is 0 Å². The second-order valence-electron chi connectivity index (χ2n) is 4.63. The maximum absolute atomic E-state index is 5.77. The summed E-state index contributed by atoms with van der Waals surface area (Å²) in [6.45, 7) is 3.55. The summed E-state index contributed by atoms with van der Waals surface area (Å²) in [5.41, 5.74) is 9.43. The first kappa shape index (κ1) is 12.4. The molecule has 0 saturated heterocycles. The molecule has 2 heterocycles. The number of benzene rings is 1. The van der Waals surface area contributed by atoms with Crippen molar-refractivity contribution in [2.75, 3.05) is 5.73 Å². The van der Waals surface area contributed by atoms with Gasteiger partial charge in [-0.2, -0.15) is 5.10 Å². The Labute approximate surface area is 116 Å². The second kappa shape index (κ2) is 5.16. The molecule has 102 valence electrons. The molecule has 20 heavy (non-hydrogen) atoms. The molecule has 3 aromatic rings. The van der Waals surface area contributed by atoms with E-state index in [0.717, 1.165) is 29.1 Å². The average molecular weight is 268 g/mol. The number of hydrogen-bond acceptors (Lipinski definition) is 4. The number of nitrogen functional groups attached to an aromatic ring is 1. The molecule has 0 aliphatic rings. The van der Waals surface area contributed by atoms with Gasteiger partial charge in [0.2, 0.25) is 0 Å². The van der Waals surface area contributed by atoms with Crippen molar-refractivity contribution in [3.8, 4) is 11.3 Å². The number of hydrogen-bond donors (Lipinski definition) is 1. The summed E-state index contributed by atoms with van der Waals surface area (Å²) in [5, 5.41) is 12.6. The lowest BCUT2D eigenvalue weighted by Crippen LogP contribution is -2.00. The number of rotatable bonds is 4. The fourth-order valence-electron chi connectivity index (χ4n) is 2.06. The highest BCUT2D eigenvalue weighted by molar-refractivity contribution is 5.55. The number of nitrogens with zero attached hydrogens (tertiary/aromatic N) is 5. The van der Waals surface area contributed by atoms with Gasteiger partial charge in [-0.25, -0.2) is 4.68 Å². The van der Waals surface area contributed by atoms with E-state index in [4.69, 9.17) is 5.73 Å². The Morgan fingerprint density at radius 3 is 2.85 bits per heavy atom. The van der Waals surface area contributed by atoms with Crippen LogP contribution in [0.2, 0.25) is 0 Å². The zero-order valence-corrected chi connectivity index (χ0v) is 11.3. The van der Waals surface area contributed by atoms with Crippen LogP contribution in [0.15, 0.2) is 42.9 Å². The molecule has 0 atom stereocenters. The Morgan fingerprint density at radius 2 is 2.10 bits per heavy atom. The number of anilines is 1. The van der Waals surface area contributed by atoms with Crippen molar-refractivity contribution in [2.45, 2.75) is 20.0 Å². The number of aryl methyl sites for hydroxylation is 1. The topological polar surface area (TPSA) is 74.5 Å². The van der Waals surface area contributed by atoms with Gasteiger partial charge < -0.3 is 5.73 Å². The molecule has 0 saturated carbocycles. The first-order chi connectivity index (χ1) is 9.74. The summed E-state index contributed by atoms with van der Waals surface area (Å²) < 4.78 is 3.67. The molecule has 2 aromatic heterocycles. The highest BCUT2D eigenvalue weighted by Crippen LogP contribution is 2.15. The maximum atomic E-state index is 5.77. The summed E-state index contributed by atoms with van der Waals surface area (Å²) in [7, 11) is 0. The molecule has 0 spiro atoms. The average Bonchev–Trinajstić information content (AvgIpc) is 3.07. The van der Waals surface area contributed by atoms with Crippen molar-refractivity contribution in [1.29, 1.82) is 0 Å². The van der Waals surface area contributed by atoms with E-state index in [1.165, 1.54) is 0 Å². The fraction of sp³-hybridized carbons (Fsp3) is 0.214. The van der Waals surface area contributed by atoms with Gasteiger partial charge >= 0.3 is 0 Å². The van der Waals surface area contributed by atoms with Gasteiger partial charge in [-0.1, -0.05) is 17.3 Å². The van der Waals surface area contributed by atoms with Gasteiger partial charge in [-0.15, -0.1) is 5.10 Å². The van der Waals surface area contributed by atoms with Crippen LogP contribution in [-0.2, 0) is 13.1 Å². The summed E-state index contributed by atoms with van der Waals surface area (Å²) >= 11 is 0. The Bertz CT molecular complexity index is 712. The Hall–Kier alpha value is -2.63. The van der Waals surface area contributed by atoms with Crippen LogP contribution in [0, 0.1) is 0 Å². The van der Waals surface area contributed by atoms with Crippen molar-refractivity contribution in [3.63, 3.8) is 0 Å². The van der Waals surface area contributed by atoms with Gasteiger partial charge in [0.1, 0.15) is 5.69 Å². The van der Waals surface area contributed by atoms with Crippen LogP contribution < -0.4 is 5.73 Å². The minimum absolute atomic E-state index is 0.653. The van der Waals surface area contributed by atoms with Crippen LogP contribution in [0.1, 0.15) is 12.5 Å². The molecule has 6 heteroatoms. The molecular formula is C14H16N6. The fourth-order valence-corrected chi connectivity index (χ4v) is 2.06. The van der Waals surface area contributed by atoms with Crippen molar-refractivity contribution >= 4 is 5.69 Å². The van der Waals surface area contributed by atoms with Crippen LogP contribution in [0.5, 0.6) is 0 Å². The lowest BCUT2D eigenvalue weighted by molar-refractivity contribution is 0.650. The molecular weight excluding hydrogens is 252 g/mol. The summed E-state index contributed by atoms with van der Waals surface area (Å²) in [6, 6.07) is 7.77. The predicted molar refractivity (Wildman–Crippen MR) is 76.9 cm³/mol. The molecule has 0 amide bonds. The summed E-state index contributed by atoms with van der Waals surface area (Å²) in [6.07, 6.45) is 5.69. The third-order valence-electron chi connectivity index (χ3n) is 3.09. The summed E-state index contributed by atoms with van der Waals surface area (Å²) in [4.78, 5) is 0. The van der Waals surface area contributed by atoms with Crippen LogP contribution in [0.4, 0.5) is 5.69 Å². The predicted octanol–water partition coefficient (Wildman–Crippen LogP) is 1.79. The van der Waals surface area contributed by atoms with Crippen molar-refractivity contribution in [2.24, 2.45) is 0 Å². The van der Waals surface area contributed by atoms with E-state index in [0.29, 0.717) is 6.54 Å². The van der Waals surface area contributed by atoms with Gasteiger partial charge in [0.25, 0.3) is 0 Å². The third-order valence-corrected chi connectivity index (χ3v) is 3.09. The van der Waals surface area contributed by atoms with Crippen molar-refractivity contribution < 1.29 is 0 Å². The smallest absolute Gasteiger partial charge is 0.116 e. The molecule has 0 aliphatic carbocycles. The van der Waals surface area contributed by atoms with E-state index in [2.05, 4.69) is 15.4 Å². The van der Waals surface area contributed by atoms with E-state index >= 15 is 0 Å². The minimum atomic E-state index is 0.653. The molecule has 2 N–H and O–H groups in total. The largest absolute Gasteiger partial charge is 0.399 e. The van der Waals surface area contributed by atoms with Gasteiger partial charge in [0.15, 0.2) is 0 Å². The summed E-state index contributed by atoms with van der Waals surface area (Å²) in [5.74, 6) is 0. The standard InChI is InChI=1S/C14H16N6/c1-2-19-9-12(7-16-19)14-10-20(18-17-14)8-11-4-3-5-13(15)6-11/h3-7,9-10H,2,8,15H2,1H3. The van der Waals surface area contributed by atoms with E-state index in [9.17, 15) is 0 Å². The van der Waals surface area contributed by atoms with Gasteiger partial charge in [-0.3, -0.25) is 4.68 Å². The molecule has 0 aliphatic heterocycles. The van der Waals surface area contributed by atoms with E-state index in [1.54, 1.807) is 10.9 Å². The number of aromatic nitrogens is 5. The molecule has 0 bridgehead atoms. The lowest BCUT2D eigenvalue weighted by Gasteiger charge is -2.01. The molecule has 0 fully saturated rings. The quantitative estimate of drug-likeness (QED) is 0.732. The Morgan fingerprint density at radius 1 is 1.20 bits per heavy atom. The zero-order chi connectivity index (χ0) is 13.9. The van der Waals surface area contributed by atoms with Crippen LogP contribution in [0.25, 0.3) is 11.3 Å². The van der Waals surface area contributed by atoms with E-state index in [-0.39, 0.29) is 0 Å². The normalized spacial score (nSPS) is 10.8. The second-order valence-corrected chi connectivity index (χ2v) is 4.63. The Kier molecular flexibility index (Phi) is 3.20. The van der Waals surface area contributed by atoms with Gasteiger partial charge in [-0.05, 0) is 24.6 Å². The zero-order valence-electron chi connectivity index (χ0n) is 11.3. The minimum Gasteiger partial charge on any atom is -0.399 e. The third kappa shape index (κ3) is 2.54. The van der Waals surface area contributed by atoms with Gasteiger partial charge in [0.05, 0.1) is 18.9 Å². The van der Waals surface area contributed by atoms with Crippen molar-refractivity contribution in [3.05, 3.63) is 48.4 Å². The monoisotopic (exact) mass is 268 g/mol. The molecule has 1 aromatic carbocycles. The molecule has 0 radical (unpaired) electrons. The lowest BCUT2D eigenvalue weighted by atomic mass is 10.2. The number of nitrogens with two attached hydrogens (primary N) is 1. The van der Waals surface area contributed by atoms with Crippen LogP contribution in [-0.4, -0.2) is 24.8 Å². The van der Waals surface area contributed by atoms with E-state index in [1.807, 2.05) is 48.3 Å².